The first kappa shape index (κ1) is 13.1. The van der Waals surface area contributed by atoms with Gasteiger partial charge in [-0.3, -0.25) is 0 Å². The normalized spacial score (nSPS) is 45.9. The molecule has 0 heterocycles. The molecule has 2 aliphatic rings. The summed E-state index contributed by atoms with van der Waals surface area (Å²) in [4.78, 5) is 0. The third kappa shape index (κ3) is 1.47. The van der Waals surface area contributed by atoms with Gasteiger partial charge in [-0.2, -0.15) is 0 Å². The highest BCUT2D eigenvalue weighted by atomic mass is 16.5. The lowest BCUT2D eigenvalue weighted by Crippen LogP contribution is -2.62. The molecule has 17 heavy (non-hydrogen) atoms. The summed E-state index contributed by atoms with van der Waals surface area (Å²) >= 11 is 0. The van der Waals surface area contributed by atoms with Gasteiger partial charge >= 0.3 is 0 Å². The van der Waals surface area contributed by atoms with Crippen LogP contribution in [0.25, 0.3) is 0 Å². The Morgan fingerprint density at radius 3 is 2.35 bits per heavy atom. The maximum atomic E-state index is 11.2. The summed E-state index contributed by atoms with van der Waals surface area (Å²) in [5.41, 5.74) is 0.0534. The Morgan fingerprint density at radius 2 is 1.88 bits per heavy atom. The van der Waals surface area contributed by atoms with Crippen molar-refractivity contribution < 1.29 is 9.84 Å². The van der Waals surface area contributed by atoms with Crippen LogP contribution >= 0.6 is 0 Å². The van der Waals surface area contributed by atoms with Gasteiger partial charge in [-0.15, -0.1) is 0 Å². The molecule has 2 nitrogen and oxygen atoms in total. The quantitative estimate of drug-likeness (QED) is 0.710. The average Bonchev–Trinajstić information content (AvgIpc) is 2.53. The van der Waals surface area contributed by atoms with Gasteiger partial charge in [-0.05, 0) is 37.0 Å². The Kier molecular flexibility index (Phi) is 2.59. The van der Waals surface area contributed by atoms with E-state index < -0.39 is 11.2 Å². The fourth-order valence-corrected chi connectivity index (χ4v) is 3.80. The molecule has 2 bridgehead atoms. The van der Waals surface area contributed by atoms with Crippen molar-refractivity contribution in [1.29, 1.82) is 0 Å². The van der Waals surface area contributed by atoms with Crippen molar-refractivity contribution in [2.75, 3.05) is 7.11 Å². The highest BCUT2D eigenvalue weighted by Gasteiger charge is 2.64. The molecule has 1 fully saturated rings. The molecule has 0 amide bonds. The summed E-state index contributed by atoms with van der Waals surface area (Å²) < 4.78 is 5.83. The molecular weight excluding hydrogens is 212 g/mol. The molecule has 0 aliphatic heterocycles. The van der Waals surface area contributed by atoms with E-state index in [1.165, 1.54) is 5.57 Å². The van der Waals surface area contributed by atoms with Gasteiger partial charge in [-0.25, -0.2) is 0 Å². The van der Waals surface area contributed by atoms with E-state index in [2.05, 4.69) is 40.7 Å². The number of rotatable bonds is 1. The summed E-state index contributed by atoms with van der Waals surface area (Å²) in [6.45, 7) is 10.7. The van der Waals surface area contributed by atoms with Crippen LogP contribution in [0.2, 0.25) is 0 Å². The molecule has 1 N–H and O–H groups in total. The average molecular weight is 238 g/mol. The van der Waals surface area contributed by atoms with Crippen LogP contribution in [-0.4, -0.2) is 23.4 Å². The first-order valence-electron chi connectivity index (χ1n) is 6.58. The summed E-state index contributed by atoms with van der Waals surface area (Å²) in [7, 11) is 1.75. The van der Waals surface area contributed by atoms with E-state index in [1.54, 1.807) is 7.11 Å². The molecular formula is C15H26O2. The van der Waals surface area contributed by atoms with Crippen molar-refractivity contribution in [3.05, 3.63) is 11.6 Å². The number of hydrogen-bond donors (Lipinski definition) is 1. The second kappa shape index (κ2) is 3.36. The van der Waals surface area contributed by atoms with E-state index in [-0.39, 0.29) is 10.8 Å². The standard InChI is InChI=1S/C15H26O2/c1-11-9-15(16,12(2,3)4)14(17-6)8-7-13(11,5)10-14/h9,16H,7-8,10H2,1-6H3/t13-,14-,15+/m0/s1. The van der Waals surface area contributed by atoms with Gasteiger partial charge in [0.25, 0.3) is 0 Å². The lowest BCUT2D eigenvalue weighted by molar-refractivity contribution is -0.193. The molecule has 0 aromatic heterocycles. The molecule has 1 saturated carbocycles. The molecule has 0 unspecified atom stereocenters. The fraction of sp³-hybridized carbons (Fsp3) is 0.867. The van der Waals surface area contributed by atoms with Gasteiger partial charge in [0, 0.05) is 7.11 Å². The van der Waals surface area contributed by atoms with Crippen LogP contribution in [0, 0.1) is 10.8 Å². The predicted molar refractivity (Wildman–Crippen MR) is 69.9 cm³/mol. The predicted octanol–water partition coefficient (Wildman–Crippen LogP) is 3.30. The number of ether oxygens (including phenoxy) is 1. The molecule has 0 aromatic carbocycles. The van der Waals surface area contributed by atoms with Crippen LogP contribution in [0.1, 0.15) is 53.9 Å². The minimum atomic E-state index is -0.866. The minimum Gasteiger partial charge on any atom is -0.382 e. The Balaban J connectivity index is 2.60. The van der Waals surface area contributed by atoms with Crippen LogP contribution in [-0.2, 0) is 4.74 Å². The molecule has 0 radical (unpaired) electrons. The first-order chi connectivity index (χ1) is 7.60. The SMILES string of the molecule is CO[C@@]12CC[C@@](C)(C1)C(C)=C[C@@]2(O)C(C)(C)C. The van der Waals surface area contributed by atoms with Gasteiger partial charge < -0.3 is 9.84 Å². The van der Waals surface area contributed by atoms with Gasteiger partial charge in [-0.1, -0.05) is 39.3 Å². The Morgan fingerprint density at radius 1 is 1.29 bits per heavy atom. The molecule has 98 valence electrons. The topological polar surface area (TPSA) is 29.5 Å². The van der Waals surface area contributed by atoms with Gasteiger partial charge in [0.1, 0.15) is 11.2 Å². The Hall–Kier alpha value is -0.340. The Bertz CT molecular complexity index is 366. The van der Waals surface area contributed by atoms with E-state index in [0.29, 0.717) is 0 Å². The van der Waals surface area contributed by atoms with Crippen molar-refractivity contribution >= 4 is 0 Å². The third-order valence-corrected chi connectivity index (χ3v) is 5.36. The first-order valence-corrected chi connectivity index (χ1v) is 6.58. The minimum absolute atomic E-state index is 0.212. The van der Waals surface area contributed by atoms with Crippen molar-refractivity contribution in [1.82, 2.24) is 0 Å². The lowest BCUT2D eigenvalue weighted by atomic mass is 9.60. The number of aliphatic hydroxyl groups is 1. The molecule has 0 spiro atoms. The maximum absolute atomic E-state index is 11.2. The van der Waals surface area contributed by atoms with Crippen molar-refractivity contribution in [3.63, 3.8) is 0 Å². The van der Waals surface area contributed by atoms with Crippen molar-refractivity contribution in [3.8, 4) is 0 Å². The van der Waals surface area contributed by atoms with E-state index >= 15 is 0 Å². The van der Waals surface area contributed by atoms with Gasteiger partial charge in [0.15, 0.2) is 0 Å². The second-order valence-electron chi connectivity index (χ2n) is 7.28. The lowest BCUT2D eigenvalue weighted by Gasteiger charge is -2.53. The third-order valence-electron chi connectivity index (χ3n) is 5.36. The second-order valence-corrected chi connectivity index (χ2v) is 7.28. The van der Waals surface area contributed by atoms with Crippen LogP contribution < -0.4 is 0 Å². The van der Waals surface area contributed by atoms with Crippen LogP contribution in [0.15, 0.2) is 11.6 Å². The van der Waals surface area contributed by atoms with E-state index in [1.807, 2.05) is 0 Å². The summed E-state index contributed by atoms with van der Waals surface area (Å²) in [6, 6.07) is 0. The maximum Gasteiger partial charge on any atom is 0.117 e. The van der Waals surface area contributed by atoms with Crippen molar-refractivity contribution in [2.24, 2.45) is 10.8 Å². The highest BCUT2D eigenvalue weighted by molar-refractivity contribution is 5.34. The summed E-state index contributed by atoms with van der Waals surface area (Å²) in [5, 5.41) is 11.2. The summed E-state index contributed by atoms with van der Waals surface area (Å²) in [5.74, 6) is 0. The number of allylic oxidation sites excluding steroid dienone is 1. The van der Waals surface area contributed by atoms with Crippen molar-refractivity contribution in [2.45, 2.75) is 65.1 Å². The van der Waals surface area contributed by atoms with Crippen LogP contribution in [0.5, 0.6) is 0 Å². The Labute approximate surface area is 105 Å². The largest absolute Gasteiger partial charge is 0.382 e. The molecule has 2 rings (SSSR count). The monoisotopic (exact) mass is 238 g/mol. The fourth-order valence-electron chi connectivity index (χ4n) is 3.80. The van der Waals surface area contributed by atoms with Gasteiger partial charge in [0.05, 0.1) is 0 Å². The highest BCUT2D eigenvalue weighted by Crippen LogP contribution is 2.61. The van der Waals surface area contributed by atoms with E-state index in [0.717, 1.165) is 19.3 Å². The summed E-state index contributed by atoms with van der Waals surface area (Å²) in [6.07, 6.45) is 5.07. The zero-order chi connectivity index (χ0) is 13.1. The van der Waals surface area contributed by atoms with Crippen LogP contribution in [0.3, 0.4) is 0 Å². The number of fused-ring (bicyclic) bond motifs is 2. The van der Waals surface area contributed by atoms with Crippen LogP contribution in [0.4, 0.5) is 0 Å². The molecule has 2 heteroatoms. The molecule has 0 aromatic rings. The molecule has 3 atom stereocenters. The zero-order valence-electron chi connectivity index (χ0n) is 12.1. The van der Waals surface area contributed by atoms with E-state index in [4.69, 9.17) is 4.74 Å². The number of methoxy groups -OCH3 is 1. The smallest absolute Gasteiger partial charge is 0.117 e. The molecule has 2 aliphatic carbocycles. The van der Waals surface area contributed by atoms with E-state index in [9.17, 15) is 5.11 Å². The molecule has 0 saturated heterocycles. The zero-order valence-corrected chi connectivity index (χ0v) is 12.1. The van der Waals surface area contributed by atoms with Gasteiger partial charge in [0.2, 0.25) is 0 Å². The number of hydrogen-bond acceptors (Lipinski definition) is 2.